The maximum atomic E-state index is 13.2. The van der Waals surface area contributed by atoms with Crippen LogP contribution in [0.1, 0.15) is 43.1 Å². The molecule has 0 aliphatic heterocycles. The van der Waals surface area contributed by atoms with Gasteiger partial charge in [-0.25, -0.2) is 8.78 Å². The predicted octanol–water partition coefficient (Wildman–Crippen LogP) is 3.49. The van der Waals surface area contributed by atoms with Gasteiger partial charge < -0.3 is 10.3 Å². The molecule has 1 aliphatic rings. The number of alkyl halides is 2. The van der Waals surface area contributed by atoms with Crippen molar-refractivity contribution in [3.8, 4) is 11.4 Å². The quantitative estimate of drug-likeness (QED) is 0.940. The van der Waals surface area contributed by atoms with Gasteiger partial charge in [0.15, 0.2) is 0 Å². The number of hydrogen-bond donors (Lipinski definition) is 1. The lowest BCUT2D eigenvalue weighted by Crippen LogP contribution is -2.23. The van der Waals surface area contributed by atoms with Crippen molar-refractivity contribution in [3.63, 3.8) is 0 Å². The van der Waals surface area contributed by atoms with Gasteiger partial charge in [0.1, 0.15) is 0 Å². The minimum absolute atomic E-state index is 0.0609. The minimum atomic E-state index is -2.54. The van der Waals surface area contributed by atoms with Crippen LogP contribution >= 0.6 is 0 Å². The Bertz CT molecular complexity index is 600. The molecule has 0 saturated heterocycles. The lowest BCUT2D eigenvalue weighted by atomic mass is 9.87. The Morgan fingerprint density at radius 3 is 2.48 bits per heavy atom. The summed E-state index contributed by atoms with van der Waals surface area (Å²) in [6, 6.07) is 7.58. The minimum Gasteiger partial charge on any atom is -0.339 e. The molecule has 3 rings (SSSR count). The first kappa shape index (κ1) is 14.1. The molecule has 0 unspecified atom stereocenters. The number of aromatic nitrogens is 2. The Balaban J connectivity index is 1.74. The van der Waals surface area contributed by atoms with Crippen LogP contribution in [0.2, 0.25) is 0 Å². The van der Waals surface area contributed by atoms with Crippen LogP contribution in [0.5, 0.6) is 0 Å². The number of benzene rings is 1. The fraction of sp³-hybridized carbons (Fsp3) is 0.467. The number of hydrogen-bond acceptors (Lipinski definition) is 4. The summed E-state index contributed by atoms with van der Waals surface area (Å²) in [5.41, 5.74) is 7.41. The van der Waals surface area contributed by atoms with Gasteiger partial charge >= 0.3 is 0 Å². The highest BCUT2D eigenvalue weighted by atomic mass is 19.3. The Labute approximate surface area is 121 Å². The van der Waals surface area contributed by atoms with Gasteiger partial charge in [-0.2, -0.15) is 4.98 Å². The largest absolute Gasteiger partial charge is 0.339 e. The Hall–Kier alpha value is -1.82. The molecule has 0 radical (unpaired) electrons. The van der Waals surface area contributed by atoms with Crippen molar-refractivity contribution >= 4 is 0 Å². The number of nitrogens with two attached hydrogens (primary N) is 1. The SMILES string of the molecule is NCc1ccc(-c2noc(C3CCC(F)(F)CC3)n2)cc1. The van der Waals surface area contributed by atoms with Gasteiger partial charge in [-0.3, -0.25) is 0 Å². The normalized spacial score (nSPS) is 18.8. The summed E-state index contributed by atoms with van der Waals surface area (Å²) in [6.45, 7) is 0.480. The predicted molar refractivity (Wildman–Crippen MR) is 73.8 cm³/mol. The third-order valence-electron chi connectivity index (χ3n) is 3.96. The van der Waals surface area contributed by atoms with E-state index in [1.165, 1.54) is 0 Å². The van der Waals surface area contributed by atoms with Crippen molar-refractivity contribution in [2.45, 2.75) is 44.1 Å². The van der Waals surface area contributed by atoms with E-state index in [0.717, 1.165) is 11.1 Å². The zero-order valence-corrected chi connectivity index (χ0v) is 11.6. The molecular weight excluding hydrogens is 276 g/mol. The van der Waals surface area contributed by atoms with Crippen molar-refractivity contribution in [3.05, 3.63) is 35.7 Å². The molecule has 2 aromatic rings. The van der Waals surface area contributed by atoms with E-state index in [9.17, 15) is 8.78 Å². The standard InChI is InChI=1S/C15H17F2N3O/c16-15(17)7-5-12(6-8-15)14-19-13(20-21-14)11-3-1-10(9-18)2-4-11/h1-4,12H,5-9,18H2. The Kier molecular flexibility index (Phi) is 3.71. The maximum Gasteiger partial charge on any atom is 0.248 e. The van der Waals surface area contributed by atoms with Crippen molar-refractivity contribution in [1.29, 1.82) is 0 Å². The first-order valence-electron chi connectivity index (χ1n) is 7.08. The number of rotatable bonds is 3. The van der Waals surface area contributed by atoms with Gasteiger partial charge in [0.05, 0.1) is 0 Å². The molecule has 1 aromatic carbocycles. The fourth-order valence-electron chi connectivity index (χ4n) is 2.60. The summed E-state index contributed by atoms with van der Waals surface area (Å²) >= 11 is 0. The molecule has 1 fully saturated rings. The summed E-state index contributed by atoms with van der Waals surface area (Å²) in [5, 5.41) is 3.95. The van der Waals surface area contributed by atoms with E-state index in [1.807, 2.05) is 24.3 Å². The van der Waals surface area contributed by atoms with E-state index in [4.69, 9.17) is 10.3 Å². The van der Waals surface area contributed by atoms with Crippen LogP contribution in [0.25, 0.3) is 11.4 Å². The highest BCUT2D eigenvalue weighted by molar-refractivity contribution is 5.54. The van der Waals surface area contributed by atoms with Gasteiger partial charge in [-0.05, 0) is 18.4 Å². The molecule has 0 bridgehead atoms. The van der Waals surface area contributed by atoms with Crippen LogP contribution in [0, 0.1) is 0 Å². The second-order valence-electron chi connectivity index (χ2n) is 5.49. The molecule has 1 aliphatic carbocycles. The van der Waals surface area contributed by atoms with E-state index >= 15 is 0 Å². The molecule has 112 valence electrons. The van der Waals surface area contributed by atoms with Crippen molar-refractivity contribution in [1.82, 2.24) is 10.1 Å². The van der Waals surface area contributed by atoms with Gasteiger partial charge in [0.2, 0.25) is 17.6 Å². The van der Waals surface area contributed by atoms with Crippen LogP contribution in [0.3, 0.4) is 0 Å². The molecule has 4 nitrogen and oxygen atoms in total. The third-order valence-corrected chi connectivity index (χ3v) is 3.96. The smallest absolute Gasteiger partial charge is 0.248 e. The first-order valence-corrected chi connectivity index (χ1v) is 7.08. The van der Waals surface area contributed by atoms with Gasteiger partial charge in [0, 0.05) is 30.9 Å². The number of halogens is 2. The van der Waals surface area contributed by atoms with E-state index < -0.39 is 5.92 Å². The zero-order valence-electron chi connectivity index (χ0n) is 11.6. The van der Waals surface area contributed by atoms with Gasteiger partial charge in [-0.15, -0.1) is 0 Å². The Morgan fingerprint density at radius 1 is 1.19 bits per heavy atom. The monoisotopic (exact) mass is 293 g/mol. The molecule has 1 aromatic heterocycles. The summed E-state index contributed by atoms with van der Waals surface area (Å²) in [6.07, 6.45) is 0.558. The van der Waals surface area contributed by atoms with Crippen LogP contribution in [0.15, 0.2) is 28.8 Å². The van der Waals surface area contributed by atoms with Gasteiger partial charge in [-0.1, -0.05) is 29.4 Å². The zero-order chi connectivity index (χ0) is 14.9. The summed E-state index contributed by atoms with van der Waals surface area (Å²) < 4.78 is 31.6. The van der Waals surface area contributed by atoms with E-state index in [1.54, 1.807) is 0 Å². The average molecular weight is 293 g/mol. The van der Waals surface area contributed by atoms with E-state index in [0.29, 0.717) is 31.1 Å². The molecule has 0 spiro atoms. The molecule has 1 heterocycles. The third kappa shape index (κ3) is 3.10. The average Bonchev–Trinajstić information content (AvgIpc) is 2.97. The van der Waals surface area contributed by atoms with Crippen molar-refractivity contribution in [2.75, 3.05) is 0 Å². The lowest BCUT2D eigenvalue weighted by molar-refractivity contribution is -0.0402. The molecule has 0 amide bonds. The van der Waals surface area contributed by atoms with Crippen LogP contribution in [0.4, 0.5) is 8.78 Å². The molecule has 0 atom stereocenters. The molecule has 6 heteroatoms. The fourth-order valence-corrected chi connectivity index (χ4v) is 2.60. The van der Waals surface area contributed by atoms with Crippen LogP contribution < -0.4 is 5.73 Å². The first-order chi connectivity index (χ1) is 10.1. The van der Waals surface area contributed by atoms with Crippen molar-refractivity contribution in [2.24, 2.45) is 5.73 Å². The maximum absolute atomic E-state index is 13.2. The molecule has 1 saturated carbocycles. The molecule has 2 N–H and O–H groups in total. The summed E-state index contributed by atoms with van der Waals surface area (Å²) in [4.78, 5) is 4.35. The number of nitrogens with zero attached hydrogens (tertiary/aromatic N) is 2. The second kappa shape index (κ2) is 5.52. The molecule has 21 heavy (non-hydrogen) atoms. The van der Waals surface area contributed by atoms with Crippen molar-refractivity contribution < 1.29 is 13.3 Å². The summed E-state index contributed by atoms with van der Waals surface area (Å²) in [5.74, 6) is -1.65. The van der Waals surface area contributed by atoms with Crippen LogP contribution in [-0.2, 0) is 6.54 Å². The van der Waals surface area contributed by atoms with E-state index in [-0.39, 0.29) is 18.8 Å². The van der Waals surface area contributed by atoms with Crippen LogP contribution in [-0.4, -0.2) is 16.1 Å². The van der Waals surface area contributed by atoms with E-state index in [2.05, 4.69) is 10.1 Å². The molecular formula is C15H17F2N3O. The topological polar surface area (TPSA) is 64.9 Å². The highest BCUT2D eigenvalue weighted by Gasteiger charge is 2.37. The second-order valence-corrected chi connectivity index (χ2v) is 5.49. The summed E-state index contributed by atoms with van der Waals surface area (Å²) in [7, 11) is 0. The highest BCUT2D eigenvalue weighted by Crippen LogP contribution is 2.40. The lowest BCUT2D eigenvalue weighted by Gasteiger charge is -2.25. The Morgan fingerprint density at radius 2 is 1.86 bits per heavy atom. The van der Waals surface area contributed by atoms with Gasteiger partial charge in [0.25, 0.3) is 0 Å².